The first kappa shape index (κ1) is 8.59. The fourth-order valence-corrected chi connectivity index (χ4v) is 3.37. The molecule has 2 fully saturated rings. The Kier molecular flexibility index (Phi) is 1.63. The van der Waals surface area contributed by atoms with E-state index in [1.54, 1.807) is 0 Å². The second kappa shape index (κ2) is 2.27. The van der Waals surface area contributed by atoms with E-state index in [4.69, 9.17) is 0 Å². The van der Waals surface area contributed by atoms with Crippen LogP contribution >= 0.6 is 0 Å². The monoisotopic (exact) mass is 166 g/mol. The normalized spacial score (nSPS) is 50.0. The van der Waals surface area contributed by atoms with E-state index in [0.717, 1.165) is 17.3 Å². The van der Waals surface area contributed by atoms with Crippen LogP contribution in [0.15, 0.2) is 0 Å². The minimum absolute atomic E-state index is 0.614. The maximum atomic E-state index is 2.46. The molecule has 12 heavy (non-hydrogen) atoms. The molecule has 2 aliphatic carbocycles. The summed E-state index contributed by atoms with van der Waals surface area (Å²) in [5.41, 5.74) is 1.42. The molecule has 2 rings (SSSR count). The summed E-state index contributed by atoms with van der Waals surface area (Å²) in [5, 5.41) is 0. The lowest BCUT2D eigenvalue weighted by Gasteiger charge is -2.40. The van der Waals surface area contributed by atoms with Crippen LogP contribution in [0.1, 0.15) is 53.4 Å². The first-order valence-electron chi connectivity index (χ1n) is 5.50. The predicted molar refractivity (Wildman–Crippen MR) is 53.0 cm³/mol. The van der Waals surface area contributed by atoms with Crippen LogP contribution < -0.4 is 0 Å². The zero-order valence-corrected chi connectivity index (χ0v) is 8.98. The molecule has 3 atom stereocenters. The van der Waals surface area contributed by atoms with Crippen molar-refractivity contribution in [2.75, 3.05) is 0 Å². The van der Waals surface area contributed by atoms with Gasteiger partial charge in [-0.3, -0.25) is 0 Å². The fourth-order valence-electron chi connectivity index (χ4n) is 3.37. The van der Waals surface area contributed by atoms with E-state index in [0.29, 0.717) is 5.41 Å². The summed E-state index contributed by atoms with van der Waals surface area (Å²) < 4.78 is 0. The number of fused-ring (bicyclic) bond motifs is 1. The van der Waals surface area contributed by atoms with Crippen LogP contribution in [-0.2, 0) is 0 Å². The van der Waals surface area contributed by atoms with E-state index in [1.807, 2.05) is 0 Å². The molecule has 2 aliphatic rings. The molecule has 0 N–H and O–H groups in total. The zero-order chi connectivity index (χ0) is 8.98. The molecule has 0 aliphatic heterocycles. The van der Waals surface area contributed by atoms with Crippen LogP contribution in [0, 0.1) is 22.7 Å². The standard InChI is InChI=1S/C12H22/c1-5-12-7-10(12)6-9(2)11(3,4)8-12/h9-10H,5-8H2,1-4H3. The Morgan fingerprint density at radius 3 is 2.58 bits per heavy atom. The van der Waals surface area contributed by atoms with Gasteiger partial charge in [-0.15, -0.1) is 0 Å². The maximum Gasteiger partial charge on any atom is -0.0263 e. The van der Waals surface area contributed by atoms with Crippen LogP contribution in [-0.4, -0.2) is 0 Å². The summed E-state index contributed by atoms with van der Waals surface area (Å²) in [6.45, 7) is 9.75. The summed E-state index contributed by atoms with van der Waals surface area (Å²) in [6.07, 6.45) is 5.95. The van der Waals surface area contributed by atoms with Crippen molar-refractivity contribution >= 4 is 0 Å². The molecule has 0 saturated heterocycles. The SMILES string of the molecule is CCC12CC1CC(C)C(C)(C)C2. The van der Waals surface area contributed by atoms with Gasteiger partial charge >= 0.3 is 0 Å². The Morgan fingerprint density at radius 1 is 1.33 bits per heavy atom. The second-order valence-corrected chi connectivity index (χ2v) is 5.92. The lowest BCUT2D eigenvalue weighted by atomic mass is 9.65. The fraction of sp³-hybridized carbons (Fsp3) is 1.00. The molecule has 0 bridgehead atoms. The summed E-state index contributed by atoms with van der Waals surface area (Å²) in [5.74, 6) is 2.05. The van der Waals surface area contributed by atoms with Crippen LogP contribution in [0.4, 0.5) is 0 Å². The van der Waals surface area contributed by atoms with Crippen molar-refractivity contribution in [2.24, 2.45) is 22.7 Å². The topological polar surface area (TPSA) is 0 Å². The molecule has 70 valence electrons. The van der Waals surface area contributed by atoms with Crippen LogP contribution in [0.2, 0.25) is 0 Å². The third kappa shape index (κ3) is 1.03. The van der Waals surface area contributed by atoms with E-state index in [9.17, 15) is 0 Å². The molecule has 0 aromatic heterocycles. The van der Waals surface area contributed by atoms with Crippen LogP contribution in [0.5, 0.6) is 0 Å². The average molecular weight is 166 g/mol. The minimum Gasteiger partial charge on any atom is -0.0648 e. The minimum atomic E-state index is 0.614. The van der Waals surface area contributed by atoms with E-state index in [1.165, 1.54) is 25.7 Å². The molecule has 0 heteroatoms. The van der Waals surface area contributed by atoms with Gasteiger partial charge in [0.1, 0.15) is 0 Å². The van der Waals surface area contributed by atoms with E-state index < -0.39 is 0 Å². The molecule has 0 radical (unpaired) electrons. The van der Waals surface area contributed by atoms with Gasteiger partial charge in [0.15, 0.2) is 0 Å². The first-order chi connectivity index (χ1) is 5.50. The summed E-state index contributed by atoms with van der Waals surface area (Å²) in [4.78, 5) is 0. The molecular weight excluding hydrogens is 144 g/mol. The van der Waals surface area contributed by atoms with E-state index in [2.05, 4.69) is 27.7 Å². The number of rotatable bonds is 1. The molecule has 0 nitrogen and oxygen atoms in total. The third-order valence-electron chi connectivity index (χ3n) is 4.84. The Hall–Kier alpha value is 0. The van der Waals surface area contributed by atoms with Gasteiger partial charge in [-0.05, 0) is 41.9 Å². The quantitative estimate of drug-likeness (QED) is 0.555. The van der Waals surface area contributed by atoms with Gasteiger partial charge in [-0.1, -0.05) is 34.1 Å². The van der Waals surface area contributed by atoms with Crippen molar-refractivity contribution in [3.8, 4) is 0 Å². The van der Waals surface area contributed by atoms with Gasteiger partial charge in [0, 0.05) is 0 Å². The summed E-state index contributed by atoms with van der Waals surface area (Å²) in [7, 11) is 0. The molecule has 0 heterocycles. The smallest absolute Gasteiger partial charge is 0.0263 e. The number of hydrogen-bond acceptors (Lipinski definition) is 0. The van der Waals surface area contributed by atoms with Crippen LogP contribution in [0.3, 0.4) is 0 Å². The Balaban J connectivity index is 2.13. The highest BCUT2D eigenvalue weighted by Crippen LogP contribution is 2.68. The van der Waals surface area contributed by atoms with Crippen molar-refractivity contribution in [1.29, 1.82) is 0 Å². The third-order valence-corrected chi connectivity index (χ3v) is 4.84. The molecule has 3 unspecified atom stereocenters. The van der Waals surface area contributed by atoms with Gasteiger partial charge in [0.05, 0.1) is 0 Å². The molecule has 0 aromatic rings. The van der Waals surface area contributed by atoms with Gasteiger partial charge in [0.2, 0.25) is 0 Å². The Morgan fingerprint density at radius 2 is 2.00 bits per heavy atom. The highest BCUT2D eigenvalue weighted by Gasteiger charge is 2.58. The van der Waals surface area contributed by atoms with E-state index >= 15 is 0 Å². The molecule has 0 spiro atoms. The van der Waals surface area contributed by atoms with Gasteiger partial charge in [-0.25, -0.2) is 0 Å². The van der Waals surface area contributed by atoms with Gasteiger partial charge < -0.3 is 0 Å². The van der Waals surface area contributed by atoms with Crippen LogP contribution in [0.25, 0.3) is 0 Å². The maximum absolute atomic E-state index is 2.46. The Bertz CT molecular complexity index is 192. The zero-order valence-electron chi connectivity index (χ0n) is 8.98. The van der Waals surface area contributed by atoms with Crippen molar-refractivity contribution in [2.45, 2.75) is 53.4 Å². The number of hydrogen-bond donors (Lipinski definition) is 0. The Labute approximate surface area is 76.7 Å². The first-order valence-corrected chi connectivity index (χ1v) is 5.50. The summed E-state index contributed by atoms with van der Waals surface area (Å²) >= 11 is 0. The average Bonchev–Trinajstić information content (AvgIpc) is 2.63. The second-order valence-electron chi connectivity index (χ2n) is 5.92. The van der Waals surface area contributed by atoms with E-state index in [-0.39, 0.29) is 0 Å². The van der Waals surface area contributed by atoms with Crippen molar-refractivity contribution in [1.82, 2.24) is 0 Å². The highest BCUT2D eigenvalue weighted by molar-refractivity contribution is 5.08. The highest BCUT2D eigenvalue weighted by atomic mass is 14.6. The molecule has 2 saturated carbocycles. The summed E-state index contributed by atoms with van der Waals surface area (Å²) in [6, 6.07) is 0. The predicted octanol–water partition coefficient (Wildman–Crippen LogP) is 3.86. The van der Waals surface area contributed by atoms with Gasteiger partial charge in [0.25, 0.3) is 0 Å². The van der Waals surface area contributed by atoms with Crippen molar-refractivity contribution < 1.29 is 0 Å². The van der Waals surface area contributed by atoms with Gasteiger partial charge in [-0.2, -0.15) is 0 Å². The largest absolute Gasteiger partial charge is 0.0648 e. The lowest BCUT2D eigenvalue weighted by molar-refractivity contribution is 0.0974. The van der Waals surface area contributed by atoms with Crippen molar-refractivity contribution in [3.63, 3.8) is 0 Å². The van der Waals surface area contributed by atoms with Crippen molar-refractivity contribution in [3.05, 3.63) is 0 Å². The molecule has 0 aromatic carbocycles. The lowest BCUT2D eigenvalue weighted by Crippen LogP contribution is -2.31. The molecule has 0 amide bonds. The molecular formula is C12H22.